The van der Waals surface area contributed by atoms with E-state index in [1.54, 1.807) is 11.1 Å². The van der Waals surface area contributed by atoms with Crippen LogP contribution in [-0.4, -0.2) is 59.1 Å². The molecule has 3 aliphatic heterocycles. The molecule has 0 bridgehead atoms. The van der Waals surface area contributed by atoms with Gasteiger partial charge < -0.3 is 15.6 Å². The number of hydrogen-bond donors (Lipinski definition) is 2. The van der Waals surface area contributed by atoms with Gasteiger partial charge in [0.1, 0.15) is 5.15 Å². The molecule has 1 amide bonds. The van der Waals surface area contributed by atoms with Gasteiger partial charge in [-0.1, -0.05) is 23.8 Å². The van der Waals surface area contributed by atoms with E-state index in [2.05, 4.69) is 26.9 Å². The Morgan fingerprint density at radius 1 is 1.25 bits per heavy atom. The second kappa shape index (κ2) is 7.93. The van der Waals surface area contributed by atoms with Crippen molar-refractivity contribution in [1.29, 1.82) is 0 Å². The van der Waals surface area contributed by atoms with Crippen molar-refractivity contribution < 1.29 is 18.0 Å². The highest BCUT2D eigenvalue weighted by atomic mass is 35.5. The van der Waals surface area contributed by atoms with Crippen LogP contribution < -0.4 is 10.7 Å². The van der Waals surface area contributed by atoms with Crippen molar-refractivity contribution in [3.8, 4) is 0 Å². The predicted molar refractivity (Wildman–Crippen MR) is 114 cm³/mol. The topological polar surface area (TPSA) is 74.0 Å². The number of nitrogens with zero attached hydrogens (tertiary/aromatic N) is 4. The third-order valence-electron chi connectivity index (χ3n) is 5.96. The van der Waals surface area contributed by atoms with Crippen molar-refractivity contribution in [2.45, 2.75) is 18.5 Å². The van der Waals surface area contributed by atoms with Crippen LogP contribution in [0.25, 0.3) is 5.65 Å². The van der Waals surface area contributed by atoms with Gasteiger partial charge in [-0.15, -0.1) is 0 Å². The molecular weight excluding hydrogens is 445 g/mol. The fourth-order valence-corrected chi connectivity index (χ4v) is 4.49. The maximum Gasteiger partial charge on any atom is 0.419 e. The average Bonchev–Trinajstić information content (AvgIpc) is 3.53. The second-order valence-corrected chi connectivity index (χ2v) is 8.33. The Bertz CT molecular complexity index is 1180. The van der Waals surface area contributed by atoms with Crippen molar-refractivity contribution in [2.24, 2.45) is 5.10 Å². The van der Waals surface area contributed by atoms with E-state index in [9.17, 15) is 18.0 Å². The maximum absolute atomic E-state index is 13.8. The summed E-state index contributed by atoms with van der Waals surface area (Å²) < 4.78 is 42.6. The van der Waals surface area contributed by atoms with Crippen LogP contribution in [0.3, 0.4) is 0 Å². The molecule has 11 heteroatoms. The molecule has 0 saturated carbocycles. The molecular formula is C21H20ClF3N6O. The molecule has 2 N–H and O–H groups in total. The highest BCUT2D eigenvalue weighted by Crippen LogP contribution is 2.36. The van der Waals surface area contributed by atoms with E-state index in [1.807, 2.05) is 6.08 Å². The molecule has 2 aromatic rings. The highest BCUT2D eigenvalue weighted by Gasteiger charge is 2.37. The number of amides is 1. The lowest BCUT2D eigenvalue weighted by atomic mass is 10.0. The maximum atomic E-state index is 13.8. The van der Waals surface area contributed by atoms with Crippen LogP contribution in [0.2, 0.25) is 5.15 Å². The minimum absolute atomic E-state index is 0.130. The van der Waals surface area contributed by atoms with Gasteiger partial charge in [0.15, 0.2) is 11.3 Å². The zero-order chi connectivity index (χ0) is 22.5. The fourth-order valence-electron chi connectivity index (χ4n) is 4.24. The Hall–Kier alpha value is -2.85. The summed E-state index contributed by atoms with van der Waals surface area (Å²) in [6.07, 6.45) is 3.34. The van der Waals surface area contributed by atoms with Gasteiger partial charge in [-0.05, 0) is 35.7 Å². The number of imidazole rings is 1. The van der Waals surface area contributed by atoms with Gasteiger partial charge in [0.05, 0.1) is 5.56 Å². The summed E-state index contributed by atoms with van der Waals surface area (Å²) >= 11 is 6.42. The smallest absolute Gasteiger partial charge is 0.329 e. The number of rotatable bonds is 3. The number of carbonyl (C=O) groups is 1. The third-order valence-corrected chi connectivity index (χ3v) is 6.32. The molecule has 0 fully saturated rings. The fraction of sp³-hybridized carbons (Fsp3) is 0.381. The zero-order valence-corrected chi connectivity index (χ0v) is 17.7. The first kappa shape index (κ1) is 21.0. The summed E-state index contributed by atoms with van der Waals surface area (Å²) in [5, 5.41) is 6.99. The van der Waals surface area contributed by atoms with E-state index < -0.39 is 17.6 Å². The summed E-state index contributed by atoms with van der Waals surface area (Å²) in [7, 11) is 0. The van der Waals surface area contributed by atoms with Crippen molar-refractivity contribution in [2.75, 3.05) is 32.7 Å². The molecule has 1 atom stereocenters. The molecule has 2 aromatic heterocycles. The Morgan fingerprint density at radius 2 is 2.09 bits per heavy atom. The Morgan fingerprint density at radius 3 is 2.78 bits per heavy atom. The summed E-state index contributed by atoms with van der Waals surface area (Å²) in [5.74, 6) is -0.819. The van der Waals surface area contributed by atoms with Gasteiger partial charge in [0.2, 0.25) is 0 Å². The minimum atomic E-state index is -4.65. The van der Waals surface area contributed by atoms with Gasteiger partial charge in [0.25, 0.3) is 5.91 Å². The minimum Gasteiger partial charge on any atom is -0.329 e. The summed E-state index contributed by atoms with van der Waals surface area (Å²) in [4.78, 5) is 18.8. The van der Waals surface area contributed by atoms with Crippen LogP contribution in [-0.2, 0) is 6.18 Å². The van der Waals surface area contributed by atoms with E-state index in [-0.39, 0.29) is 22.4 Å². The number of alkyl halides is 3. The molecule has 0 aliphatic carbocycles. The molecule has 5 heterocycles. The van der Waals surface area contributed by atoms with Gasteiger partial charge in [0, 0.05) is 44.5 Å². The SMILES string of the molecule is O=C(c1nc2c(C(F)(F)F)cc(C3C=NNC3)cn2c1Cl)N1CC=C(C2=CCNCC2)C1. The molecule has 0 radical (unpaired) electrons. The highest BCUT2D eigenvalue weighted by molar-refractivity contribution is 6.33. The first-order valence-corrected chi connectivity index (χ1v) is 10.6. The molecule has 0 saturated heterocycles. The Labute approximate surface area is 186 Å². The van der Waals surface area contributed by atoms with Gasteiger partial charge in [-0.2, -0.15) is 18.3 Å². The van der Waals surface area contributed by atoms with E-state index in [1.165, 1.54) is 11.8 Å². The van der Waals surface area contributed by atoms with Crippen molar-refractivity contribution in [1.82, 2.24) is 25.0 Å². The lowest BCUT2D eigenvalue weighted by molar-refractivity contribution is -0.136. The van der Waals surface area contributed by atoms with E-state index in [0.717, 1.165) is 35.6 Å². The van der Waals surface area contributed by atoms with Crippen molar-refractivity contribution in [3.63, 3.8) is 0 Å². The number of fused-ring (bicyclic) bond motifs is 1. The number of pyridine rings is 1. The van der Waals surface area contributed by atoms with Gasteiger partial charge in [-0.3, -0.25) is 9.20 Å². The largest absolute Gasteiger partial charge is 0.419 e. The van der Waals surface area contributed by atoms with Crippen LogP contribution in [0.15, 0.2) is 40.7 Å². The molecule has 32 heavy (non-hydrogen) atoms. The molecule has 0 spiro atoms. The standard InChI is InChI=1S/C21H20ClF3N6O/c22-18-17(20(32)30-6-3-13(10-30)12-1-4-26-5-2-12)29-19-16(21(23,24)25)7-14(11-31(18)19)15-8-27-28-9-15/h1,3,7-8,11,15,26,28H,2,4-6,9-10H2. The normalized spacial score (nSPS) is 21.1. The molecule has 168 valence electrons. The third kappa shape index (κ3) is 3.67. The average molecular weight is 465 g/mol. The predicted octanol–water partition coefficient (Wildman–Crippen LogP) is 2.98. The number of nitrogens with one attached hydrogen (secondary N) is 2. The van der Waals surface area contributed by atoms with E-state index >= 15 is 0 Å². The van der Waals surface area contributed by atoms with Crippen LogP contribution in [0, 0.1) is 0 Å². The summed E-state index contributed by atoms with van der Waals surface area (Å²) in [5.41, 5.74) is 3.88. The van der Waals surface area contributed by atoms with Crippen molar-refractivity contribution in [3.05, 3.63) is 57.5 Å². The quantitative estimate of drug-likeness (QED) is 0.732. The van der Waals surface area contributed by atoms with Crippen LogP contribution in [0.4, 0.5) is 13.2 Å². The second-order valence-electron chi connectivity index (χ2n) is 7.98. The zero-order valence-electron chi connectivity index (χ0n) is 16.9. The molecule has 0 aromatic carbocycles. The molecule has 5 rings (SSSR count). The Kier molecular flexibility index (Phi) is 5.21. The van der Waals surface area contributed by atoms with Crippen LogP contribution in [0.5, 0.6) is 0 Å². The molecule has 7 nitrogen and oxygen atoms in total. The van der Waals surface area contributed by atoms with E-state index in [4.69, 9.17) is 11.6 Å². The van der Waals surface area contributed by atoms with Crippen LogP contribution >= 0.6 is 11.6 Å². The number of aromatic nitrogens is 2. The number of hydrazone groups is 1. The monoisotopic (exact) mass is 464 g/mol. The number of carbonyl (C=O) groups excluding carboxylic acids is 1. The first-order chi connectivity index (χ1) is 15.3. The molecule has 3 aliphatic rings. The van der Waals surface area contributed by atoms with E-state index in [0.29, 0.717) is 25.2 Å². The number of hydrogen-bond acceptors (Lipinski definition) is 5. The lowest BCUT2D eigenvalue weighted by Gasteiger charge is -2.18. The number of halogens is 4. The van der Waals surface area contributed by atoms with Gasteiger partial charge >= 0.3 is 6.18 Å². The Balaban J connectivity index is 1.49. The summed E-state index contributed by atoms with van der Waals surface area (Å²) in [6, 6.07) is 1.05. The van der Waals surface area contributed by atoms with Crippen molar-refractivity contribution >= 4 is 29.4 Å². The summed E-state index contributed by atoms with van der Waals surface area (Å²) in [6.45, 7) is 2.79. The lowest BCUT2D eigenvalue weighted by Crippen LogP contribution is -2.30. The first-order valence-electron chi connectivity index (χ1n) is 10.3. The van der Waals surface area contributed by atoms with Gasteiger partial charge in [-0.25, -0.2) is 4.98 Å². The van der Waals surface area contributed by atoms with Crippen LogP contribution in [0.1, 0.15) is 34.0 Å². The molecule has 1 unspecified atom stereocenters.